The van der Waals surface area contributed by atoms with Gasteiger partial charge in [0.25, 0.3) is 0 Å². The van der Waals surface area contributed by atoms with Crippen molar-refractivity contribution >= 4 is 29.4 Å². The van der Waals surface area contributed by atoms with E-state index < -0.39 is 34.6 Å². The Hall–Kier alpha value is -2.96. The molecule has 7 heteroatoms. The number of carbonyl (C=O) groups excluding carboxylic acids is 2. The summed E-state index contributed by atoms with van der Waals surface area (Å²) in [5.41, 5.74) is 0.112. The molecule has 1 saturated heterocycles. The number of amides is 2. The largest absolute Gasteiger partial charge is 0.481 e. The van der Waals surface area contributed by atoms with E-state index in [9.17, 15) is 29.4 Å². The van der Waals surface area contributed by atoms with Gasteiger partial charge in [0.1, 0.15) is 0 Å². The maximum Gasteiger partial charge on any atom is 0.335 e. The molecule has 2 bridgehead atoms. The van der Waals surface area contributed by atoms with Gasteiger partial charge in [-0.15, -0.1) is 0 Å². The summed E-state index contributed by atoms with van der Waals surface area (Å²) in [5.74, 6) is -2.89. The summed E-state index contributed by atoms with van der Waals surface area (Å²) in [6, 6.07) is 6.10. The van der Waals surface area contributed by atoms with Crippen molar-refractivity contribution in [2.24, 2.45) is 51.8 Å². The Kier molecular flexibility index (Phi) is 5.35. The number of allylic oxidation sites excluding steroid dienone is 2. The lowest BCUT2D eigenvalue weighted by Crippen LogP contribution is -2.65. The van der Waals surface area contributed by atoms with Gasteiger partial charge in [0.05, 0.1) is 28.5 Å². The third-order valence-electron chi connectivity index (χ3n) is 11.5. The Labute approximate surface area is 223 Å². The molecular formula is C31H37NO6. The molecule has 0 aromatic heterocycles. The average molecular weight is 520 g/mol. The highest BCUT2D eigenvalue weighted by Crippen LogP contribution is 2.74. The number of aromatic carboxylic acids is 1. The fourth-order valence-electron chi connectivity index (χ4n) is 9.99. The lowest BCUT2D eigenvalue weighted by molar-refractivity contribution is -0.194. The first kappa shape index (κ1) is 25.3. The SMILES string of the molecule is CC(C)C1=C[C@]23CC[C@H]4[C@@](C)(CCC[C@]4(C)C(=O)O)[C@@H]2C[C@@H]1[C@@H]1C(=O)N(c2cccc(C(=O)O)c2)C(=O)[C@@H]13. The van der Waals surface area contributed by atoms with E-state index in [0.29, 0.717) is 18.5 Å². The molecule has 1 aromatic rings. The van der Waals surface area contributed by atoms with Gasteiger partial charge in [-0.25, -0.2) is 9.69 Å². The van der Waals surface area contributed by atoms with Gasteiger partial charge in [0, 0.05) is 5.41 Å². The predicted octanol–water partition coefficient (Wildman–Crippen LogP) is 5.40. The molecule has 1 spiro atoms. The molecule has 5 aliphatic carbocycles. The highest BCUT2D eigenvalue weighted by atomic mass is 16.4. The molecule has 7 rings (SSSR count). The van der Waals surface area contributed by atoms with Crippen molar-refractivity contribution in [1.29, 1.82) is 0 Å². The van der Waals surface area contributed by atoms with Crippen LogP contribution >= 0.6 is 0 Å². The number of nitrogens with zero attached hydrogens (tertiary/aromatic N) is 1. The molecule has 38 heavy (non-hydrogen) atoms. The number of hydrogen-bond donors (Lipinski definition) is 2. The second kappa shape index (κ2) is 8.03. The Balaban J connectivity index is 1.48. The first-order valence-corrected chi connectivity index (χ1v) is 14.0. The van der Waals surface area contributed by atoms with Crippen LogP contribution < -0.4 is 4.90 Å². The number of rotatable bonds is 4. The first-order chi connectivity index (χ1) is 17.9. The van der Waals surface area contributed by atoms with Gasteiger partial charge in [-0.2, -0.15) is 0 Å². The first-order valence-electron chi connectivity index (χ1n) is 14.0. The van der Waals surface area contributed by atoms with E-state index in [1.54, 1.807) is 12.1 Å². The second-order valence-corrected chi connectivity index (χ2v) is 13.4. The molecule has 6 aliphatic rings. The molecule has 202 valence electrons. The normalized spacial score (nSPS) is 41.4. The Morgan fingerprint density at radius 2 is 1.76 bits per heavy atom. The van der Waals surface area contributed by atoms with Crippen LogP contribution in [0.4, 0.5) is 5.69 Å². The molecule has 0 radical (unpaired) electrons. The number of imide groups is 1. The van der Waals surface area contributed by atoms with Crippen molar-refractivity contribution in [2.45, 2.75) is 66.2 Å². The van der Waals surface area contributed by atoms with Crippen LogP contribution in [0.5, 0.6) is 0 Å². The van der Waals surface area contributed by atoms with Crippen LogP contribution in [0, 0.1) is 51.8 Å². The van der Waals surface area contributed by atoms with Gasteiger partial charge in [-0.3, -0.25) is 14.4 Å². The van der Waals surface area contributed by atoms with Crippen LogP contribution in [0.25, 0.3) is 0 Å². The molecule has 1 aromatic carbocycles. The fraction of sp³-hybridized carbons (Fsp3) is 0.613. The summed E-state index contributed by atoms with van der Waals surface area (Å²) in [4.78, 5) is 53.8. The van der Waals surface area contributed by atoms with E-state index in [4.69, 9.17) is 0 Å². The average Bonchev–Trinajstić information content (AvgIpc) is 3.15. The minimum Gasteiger partial charge on any atom is -0.481 e. The van der Waals surface area contributed by atoms with Crippen LogP contribution in [0.2, 0.25) is 0 Å². The molecular weight excluding hydrogens is 482 g/mol. The maximum absolute atomic E-state index is 14.3. The summed E-state index contributed by atoms with van der Waals surface area (Å²) in [6.45, 7) is 8.48. The van der Waals surface area contributed by atoms with E-state index in [0.717, 1.165) is 25.7 Å². The van der Waals surface area contributed by atoms with Crippen molar-refractivity contribution in [2.75, 3.05) is 4.90 Å². The molecule has 0 unspecified atom stereocenters. The monoisotopic (exact) mass is 519 g/mol. The summed E-state index contributed by atoms with van der Waals surface area (Å²) in [7, 11) is 0. The smallest absolute Gasteiger partial charge is 0.335 e. The van der Waals surface area contributed by atoms with Crippen LogP contribution in [0.15, 0.2) is 35.9 Å². The number of benzene rings is 1. The standard InChI is InChI=1S/C31H37NO6/c1-16(2)20-15-31-12-9-21-29(3,10-6-11-30(21,4)28(37)38)22(31)14-19(20)23-24(31)26(34)32(25(23)33)18-8-5-7-17(13-18)27(35)36/h5,7-8,13,15-16,19,21-24H,6,9-12,14H2,1-4H3,(H,35,36)(H,37,38)/t19-,21-,22-,23-,24+,29+,30-,31+/m0/s1. The third-order valence-corrected chi connectivity index (χ3v) is 11.5. The van der Waals surface area contributed by atoms with Gasteiger partial charge >= 0.3 is 11.9 Å². The van der Waals surface area contributed by atoms with E-state index >= 15 is 0 Å². The highest BCUT2D eigenvalue weighted by molar-refractivity contribution is 6.23. The molecule has 2 N–H and O–H groups in total. The number of fused-ring (bicyclic) bond motifs is 1. The van der Waals surface area contributed by atoms with Crippen molar-refractivity contribution < 1.29 is 29.4 Å². The summed E-state index contributed by atoms with van der Waals surface area (Å²) in [6.07, 6.45) is 7.05. The fourth-order valence-corrected chi connectivity index (χ4v) is 9.99. The lowest BCUT2D eigenvalue weighted by atomic mass is 9.34. The quantitative estimate of drug-likeness (QED) is 0.407. The number of carboxylic acids is 2. The van der Waals surface area contributed by atoms with Crippen LogP contribution in [0.3, 0.4) is 0 Å². The number of carboxylic acid groups (broad SMARTS) is 2. The number of anilines is 1. The summed E-state index contributed by atoms with van der Waals surface area (Å²) < 4.78 is 0. The summed E-state index contributed by atoms with van der Waals surface area (Å²) >= 11 is 0. The van der Waals surface area contributed by atoms with Crippen molar-refractivity contribution in [3.05, 3.63) is 41.5 Å². The topological polar surface area (TPSA) is 112 Å². The maximum atomic E-state index is 14.3. The molecule has 7 nitrogen and oxygen atoms in total. The molecule has 4 fully saturated rings. The van der Waals surface area contributed by atoms with Crippen molar-refractivity contribution in [3.8, 4) is 0 Å². The van der Waals surface area contributed by atoms with Crippen LogP contribution in [0.1, 0.15) is 76.6 Å². The lowest BCUT2D eigenvalue weighted by Gasteiger charge is -2.68. The van der Waals surface area contributed by atoms with E-state index in [-0.39, 0.29) is 46.5 Å². The van der Waals surface area contributed by atoms with Gasteiger partial charge in [-0.1, -0.05) is 44.9 Å². The Bertz CT molecular complexity index is 1300. The van der Waals surface area contributed by atoms with E-state index in [2.05, 4.69) is 26.8 Å². The minimum absolute atomic E-state index is 0.0288. The number of carbonyl (C=O) groups is 4. The number of hydrogen-bond acceptors (Lipinski definition) is 4. The van der Waals surface area contributed by atoms with Crippen LogP contribution in [-0.4, -0.2) is 34.0 Å². The van der Waals surface area contributed by atoms with Gasteiger partial charge in [0.2, 0.25) is 11.8 Å². The Morgan fingerprint density at radius 1 is 1.03 bits per heavy atom. The predicted molar refractivity (Wildman–Crippen MR) is 140 cm³/mol. The zero-order chi connectivity index (χ0) is 27.4. The molecule has 8 atom stereocenters. The zero-order valence-electron chi connectivity index (χ0n) is 22.6. The molecule has 1 aliphatic heterocycles. The van der Waals surface area contributed by atoms with Gasteiger partial charge in [0.15, 0.2) is 0 Å². The second-order valence-electron chi connectivity index (χ2n) is 13.4. The third kappa shape index (κ3) is 3.02. The zero-order valence-corrected chi connectivity index (χ0v) is 22.6. The van der Waals surface area contributed by atoms with Gasteiger partial charge in [-0.05, 0) is 86.3 Å². The van der Waals surface area contributed by atoms with Crippen LogP contribution in [-0.2, 0) is 14.4 Å². The van der Waals surface area contributed by atoms with E-state index in [1.807, 2.05) is 6.92 Å². The molecule has 2 amide bonds. The highest BCUT2D eigenvalue weighted by Gasteiger charge is 2.73. The minimum atomic E-state index is -1.10. The molecule has 3 saturated carbocycles. The Morgan fingerprint density at radius 3 is 2.42 bits per heavy atom. The summed E-state index contributed by atoms with van der Waals surface area (Å²) in [5, 5.41) is 19.8. The van der Waals surface area contributed by atoms with E-state index in [1.165, 1.54) is 22.6 Å². The van der Waals surface area contributed by atoms with Crippen molar-refractivity contribution in [1.82, 2.24) is 0 Å². The number of aliphatic carboxylic acids is 1. The van der Waals surface area contributed by atoms with Crippen molar-refractivity contribution in [3.63, 3.8) is 0 Å². The molecule has 1 heterocycles. The van der Waals surface area contributed by atoms with Gasteiger partial charge < -0.3 is 10.2 Å².